The summed E-state index contributed by atoms with van der Waals surface area (Å²) < 4.78 is 0. The molecule has 4 N–H and O–H groups in total. The number of nitrogens with one attached hydrogen (secondary N) is 2. The minimum Gasteiger partial charge on any atom is -0.397 e. The standard InChI is InChI=1S/C33H45ClN8O3S/c1-20-13-21(14-26(34)30(20)35)15-28(31(43)39-8-3-22(4-9-39)41-18-24-16-25(41)17-38(24)2)37-32(44)40-10-5-23(6-11-40)42-19-29-27(7-12-46-29)36-33(42)45/h7,12-14,22-25,28H,3-6,8-11,15-19,35H2,1-2H3,(H,36,45)(H,37,44)/t24?,25?,28-/m1/s1. The summed E-state index contributed by atoms with van der Waals surface area (Å²) in [6.45, 7) is 7.19. The second-order valence-electron chi connectivity index (χ2n) is 13.8. The molecule has 2 bridgehead atoms. The molecule has 4 saturated heterocycles. The first-order valence-electron chi connectivity index (χ1n) is 16.6. The maximum Gasteiger partial charge on any atom is 0.322 e. The summed E-state index contributed by atoms with van der Waals surface area (Å²) in [6.07, 6.45) is 4.88. The molecule has 0 aliphatic carbocycles. The summed E-state index contributed by atoms with van der Waals surface area (Å²) in [5.74, 6) is -0.0493. The predicted octanol–water partition coefficient (Wildman–Crippen LogP) is 3.80. The van der Waals surface area contributed by atoms with Gasteiger partial charge < -0.3 is 36.0 Å². The van der Waals surface area contributed by atoms with Crippen molar-refractivity contribution in [2.24, 2.45) is 0 Å². The number of fused-ring (bicyclic) bond motifs is 3. The van der Waals surface area contributed by atoms with Crippen LogP contribution in [0.15, 0.2) is 23.6 Å². The molecule has 6 heterocycles. The molecule has 11 nitrogen and oxygen atoms in total. The number of amides is 5. The molecule has 2 aromatic rings. The Hall–Kier alpha value is -3.06. The van der Waals surface area contributed by atoms with Crippen molar-refractivity contribution in [1.29, 1.82) is 0 Å². The van der Waals surface area contributed by atoms with Crippen molar-refractivity contribution in [3.8, 4) is 0 Å². The average molecular weight is 669 g/mol. The molecule has 5 amide bonds. The van der Waals surface area contributed by atoms with E-state index in [-0.39, 0.29) is 24.0 Å². The number of anilines is 2. The van der Waals surface area contributed by atoms with Crippen molar-refractivity contribution < 1.29 is 14.4 Å². The van der Waals surface area contributed by atoms with E-state index in [9.17, 15) is 14.4 Å². The number of nitrogens with two attached hydrogens (primary N) is 1. The first kappa shape index (κ1) is 31.5. The number of carbonyl (C=O) groups excluding carboxylic acids is 3. The molecule has 2 unspecified atom stereocenters. The first-order chi connectivity index (χ1) is 22.1. The van der Waals surface area contributed by atoms with E-state index in [0.29, 0.717) is 80.8 Å². The van der Waals surface area contributed by atoms with Crippen LogP contribution >= 0.6 is 22.9 Å². The monoisotopic (exact) mass is 668 g/mol. The molecule has 0 radical (unpaired) electrons. The van der Waals surface area contributed by atoms with Gasteiger partial charge in [-0.15, -0.1) is 11.3 Å². The number of piperazine rings is 1. The Morgan fingerprint density at radius 2 is 1.76 bits per heavy atom. The van der Waals surface area contributed by atoms with Crippen molar-refractivity contribution in [1.82, 2.24) is 29.8 Å². The summed E-state index contributed by atoms with van der Waals surface area (Å²) in [7, 11) is 2.22. The van der Waals surface area contributed by atoms with Gasteiger partial charge in [0.25, 0.3) is 0 Å². The number of aryl methyl sites for hydroxylation is 1. The molecule has 46 heavy (non-hydrogen) atoms. The molecule has 3 atom stereocenters. The highest BCUT2D eigenvalue weighted by Gasteiger charge is 2.45. The number of piperidine rings is 2. The van der Waals surface area contributed by atoms with Crippen LogP contribution in [0.2, 0.25) is 5.02 Å². The maximum atomic E-state index is 14.1. The van der Waals surface area contributed by atoms with Crippen molar-refractivity contribution in [3.63, 3.8) is 0 Å². The number of nitrogens with zero attached hydrogens (tertiary/aromatic N) is 5. The van der Waals surface area contributed by atoms with Crippen LogP contribution in [0.4, 0.5) is 21.0 Å². The number of benzene rings is 1. The topological polar surface area (TPSA) is 117 Å². The maximum absolute atomic E-state index is 14.1. The molecule has 1 aromatic carbocycles. The number of urea groups is 2. The molecule has 248 valence electrons. The molecule has 0 saturated carbocycles. The number of rotatable bonds is 6. The highest BCUT2D eigenvalue weighted by molar-refractivity contribution is 7.10. The average Bonchev–Trinajstić information content (AvgIpc) is 3.78. The van der Waals surface area contributed by atoms with E-state index >= 15 is 0 Å². The second-order valence-corrected chi connectivity index (χ2v) is 15.2. The number of thiophene rings is 1. The Kier molecular flexibility index (Phi) is 8.81. The lowest BCUT2D eigenvalue weighted by Gasteiger charge is -2.43. The zero-order chi connectivity index (χ0) is 32.1. The van der Waals surface area contributed by atoms with E-state index in [0.717, 1.165) is 47.6 Å². The Labute approximate surface area is 280 Å². The van der Waals surface area contributed by atoms with Crippen molar-refractivity contribution >= 4 is 52.3 Å². The summed E-state index contributed by atoms with van der Waals surface area (Å²) >= 11 is 8.07. The molecular weight excluding hydrogens is 624 g/mol. The van der Waals surface area contributed by atoms with E-state index < -0.39 is 6.04 Å². The predicted molar refractivity (Wildman–Crippen MR) is 181 cm³/mol. The Balaban J connectivity index is 0.990. The van der Waals surface area contributed by atoms with E-state index in [1.54, 1.807) is 22.3 Å². The zero-order valence-corrected chi connectivity index (χ0v) is 28.3. The summed E-state index contributed by atoms with van der Waals surface area (Å²) in [4.78, 5) is 52.5. The number of carbonyl (C=O) groups is 3. The minimum absolute atomic E-state index is 0.0493. The Morgan fingerprint density at radius 1 is 1.04 bits per heavy atom. The van der Waals surface area contributed by atoms with Gasteiger partial charge in [0.1, 0.15) is 6.04 Å². The molecule has 1 aromatic heterocycles. The molecule has 5 aliphatic heterocycles. The SMILES string of the molecule is Cc1cc(C[C@@H](NC(=O)N2CCC(N3Cc4sccc4NC3=O)CC2)C(=O)N2CCC(N3CC4CC3CN4C)CC2)cc(Cl)c1N. The lowest BCUT2D eigenvalue weighted by molar-refractivity contribution is -0.135. The van der Waals surface area contributed by atoms with Gasteiger partial charge in [-0.05, 0) is 74.7 Å². The van der Waals surface area contributed by atoms with Gasteiger partial charge in [-0.3, -0.25) is 9.69 Å². The fraction of sp³-hybridized carbons (Fsp3) is 0.606. The minimum atomic E-state index is -0.720. The first-order valence-corrected chi connectivity index (χ1v) is 17.9. The third-order valence-electron chi connectivity index (χ3n) is 11.0. The highest BCUT2D eigenvalue weighted by Crippen LogP contribution is 2.34. The van der Waals surface area contributed by atoms with Gasteiger partial charge >= 0.3 is 12.1 Å². The van der Waals surface area contributed by atoms with E-state index in [1.807, 2.05) is 34.2 Å². The van der Waals surface area contributed by atoms with E-state index in [4.69, 9.17) is 17.3 Å². The Morgan fingerprint density at radius 3 is 2.43 bits per heavy atom. The number of nitrogen functional groups attached to an aromatic ring is 1. The largest absolute Gasteiger partial charge is 0.397 e. The van der Waals surface area contributed by atoms with Crippen molar-refractivity contribution in [2.45, 2.75) is 82.2 Å². The lowest BCUT2D eigenvalue weighted by atomic mass is 9.98. The van der Waals surface area contributed by atoms with Gasteiger partial charge in [0, 0.05) is 74.7 Å². The van der Waals surface area contributed by atoms with Gasteiger partial charge in [-0.2, -0.15) is 0 Å². The van der Waals surface area contributed by atoms with Gasteiger partial charge in [-0.25, -0.2) is 9.59 Å². The normalized spacial score (nSPS) is 25.1. The highest BCUT2D eigenvalue weighted by atomic mass is 35.5. The van der Waals surface area contributed by atoms with E-state index in [1.165, 1.54) is 6.42 Å². The van der Waals surface area contributed by atoms with Crippen LogP contribution in [0.1, 0.15) is 48.1 Å². The summed E-state index contributed by atoms with van der Waals surface area (Å²) in [5.41, 5.74) is 9.25. The van der Waals surface area contributed by atoms with Crippen LogP contribution in [0.3, 0.4) is 0 Å². The smallest absolute Gasteiger partial charge is 0.322 e. The van der Waals surface area contributed by atoms with Gasteiger partial charge in [0.05, 0.1) is 22.9 Å². The van der Waals surface area contributed by atoms with Crippen LogP contribution in [0.5, 0.6) is 0 Å². The molecular formula is C33H45ClN8O3S. The van der Waals surface area contributed by atoms with Crippen LogP contribution in [0, 0.1) is 6.92 Å². The number of halogens is 1. The number of likely N-dealkylation sites (tertiary alicyclic amines) is 4. The molecule has 7 rings (SSSR count). The fourth-order valence-electron chi connectivity index (χ4n) is 8.27. The third-order valence-corrected chi connectivity index (χ3v) is 12.2. The van der Waals surface area contributed by atoms with Crippen molar-refractivity contribution in [2.75, 3.05) is 57.4 Å². The number of hydrogen-bond donors (Lipinski definition) is 3. The zero-order valence-electron chi connectivity index (χ0n) is 26.7. The Bertz CT molecular complexity index is 1460. The number of hydrogen-bond acceptors (Lipinski definition) is 7. The molecule has 4 fully saturated rings. The van der Waals surface area contributed by atoms with Gasteiger partial charge in [-0.1, -0.05) is 17.7 Å². The fourth-order valence-corrected chi connectivity index (χ4v) is 9.38. The van der Waals surface area contributed by atoms with Gasteiger partial charge in [0.15, 0.2) is 0 Å². The molecule has 0 spiro atoms. The van der Waals surface area contributed by atoms with Gasteiger partial charge in [0.2, 0.25) is 5.91 Å². The quantitative estimate of drug-likeness (QED) is 0.404. The van der Waals surface area contributed by atoms with Crippen LogP contribution in [-0.4, -0.2) is 119 Å². The van der Waals surface area contributed by atoms with Crippen molar-refractivity contribution in [3.05, 3.63) is 44.6 Å². The summed E-state index contributed by atoms with van der Waals surface area (Å²) in [6, 6.07) is 6.52. The summed E-state index contributed by atoms with van der Waals surface area (Å²) in [5, 5.41) is 8.55. The number of likely N-dealkylation sites (N-methyl/N-ethyl adjacent to an activating group) is 1. The second kappa shape index (κ2) is 12.9. The molecule has 5 aliphatic rings. The molecule has 13 heteroatoms. The lowest BCUT2D eigenvalue weighted by Crippen LogP contribution is -2.58. The van der Waals surface area contributed by atoms with Crippen LogP contribution in [0.25, 0.3) is 0 Å². The van der Waals surface area contributed by atoms with E-state index in [2.05, 4.69) is 27.5 Å². The van der Waals surface area contributed by atoms with Crippen LogP contribution < -0.4 is 16.4 Å². The van der Waals surface area contributed by atoms with Crippen LogP contribution in [-0.2, 0) is 17.8 Å². The third kappa shape index (κ3) is 6.16.